The number of thiocarbonyl (C=S) groups is 1. The van der Waals surface area contributed by atoms with E-state index in [2.05, 4.69) is 29.0 Å². The van der Waals surface area contributed by atoms with Crippen molar-refractivity contribution >= 4 is 23.1 Å². The topological polar surface area (TPSA) is 61.6 Å². The van der Waals surface area contributed by atoms with Gasteiger partial charge in [-0.2, -0.15) is 0 Å². The lowest BCUT2D eigenvalue weighted by atomic mass is 10.1. The molecule has 21 heavy (non-hydrogen) atoms. The Morgan fingerprint density at radius 3 is 2.00 bits per heavy atom. The molecule has 0 aromatic heterocycles. The molecule has 2 unspecified atom stereocenters. The smallest absolute Gasteiger partial charge is 0.237 e. The third kappa shape index (κ3) is 5.88. The van der Waals surface area contributed by atoms with E-state index in [1.807, 2.05) is 13.8 Å². The molecule has 1 amide bonds. The van der Waals surface area contributed by atoms with Crippen molar-refractivity contribution in [2.24, 2.45) is 11.7 Å². The highest BCUT2D eigenvalue weighted by Crippen LogP contribution is 2.10. The molecular formula is C15H30N4OS. The molecule has 1 rings (SSSR count). The number of rotatable bonds is 7. The molecular weight excluding hydrogens is 284 g/mol. The Labute approximate surface area is 134 Å². The standard InChI is InChI=1S/C15H30N4OS/c1-11(2)5-6-17-15(20)13(4)19-9-7-18(8-10-19)12(3)14(16)21/h11-13H,5-10H2,1-4H3,(H2,16,21)(H,17,20). The summed E-state index contributed by atoms with van der Waals surface area (Å²) in [6.45, 7) is 12.7. The fraction of sp³-hybridized carbons (Fsp3) is 0.867. The third-order valence-electron chi connectivity index (χ3n) is 4.26. The molecule has 0 aromatic rings. The largest absolute Gasteiger partial charge is 0.392 e. The number of nitrogens with one attached hydrogen (secondary N) is 1. The minimum atomic E-state index is -0.0700. The molecule has 6 heteroatoms. The Bertz CT molecular complexity index is 354. The predicted octanol–water partition coefficient (Wildman–Crippen LogP) is 0.829. The van der Waals surface area contributed by atoms with Gasteiger partial charge in [0.05, 0.1) is 17.1 Å². The van der Waals surface area contributed by atoms with Crippen molar-refractivity contribution in [3.63, 3.8) is 0 Å². The van der Waals surface area contributed by atoms with Crippen LogP contribution in [-0.4, -0.2) is 65.5 Å². The molecule has 3 N–H and O–H groups in total. The fourth-order valence-corrected chi connectivity index (χ4v) is 2.64. The van der Waals surface area contributed by atoms with Crippen LogP contribution >= 0.6 is 12.2 Å². The minimum absolute atomic E-state index is 0.0700. The van der Waals surface area contributed by atoms with E-state index in [4.69, 9.17) is 18.0 Å². The molecule has 0 radical (unpaired) electrons. The third-order valence-corrected chi connectivity index (χ3v) is 4.60. The maximum Gasteiger partial charge on any atom is 0.237 e. The number of carbonyl (C=O) groups excluding carboxylic acids is 1. The van der Waals surface area contributed by atoms with E-state index in [9.17, 15) is 4.79 Å². The first-order valence-electron chi connectivity index (χ1n) is 7.88. The summed E-state index contributed by atoms with van der Waals surface area (Å²) in [6, 6.07) is 0.0665. The van der Waals surface area contributed by atoms with E-state index in [1.54, 1.807) is 0 Å². The highest BCUT2D eigenvalue weighted by Gasteiger charge is 2.27. The van der Waals surface area contributed by atoms with Crippen LogP contribution in [-0.2, 0) is 4.79 Å². The van der Waals surface area contributed by atoms with Crippen LogP contribution < -0.4 is 11.1 Å². The summed E-state index contributed by atoms with van der Waals surface area (Å²) in [6.07, 6.45) is 1.03. The average Bonchev–Trinajstić information content (AvgIpc) is 2.45. The Morgan fingerprint density at radius 1 is 1.10 bits per heavy atom. The van der Waals surface area contributed by atoms with Gasteiger partial charge in [-0.1, -0.05) is 26.1 Å². The number of nitrogens with zero attached hydrogens (tertiary/aromatic N) is 2. The van der Waals surface area contributed by atoms with E-state index in [-0.39, 0.29) is 18.0 Å². The minimum Gasteiger partial charge on any atom is -0.392 e. The van der Waals surface area contributed by atoms with Crippen molar-refractivity contribution in [3.8, 4) is 0 Å². The summed E-state index contributed by atoms with van der Waals surface area (Å²) in [4.78, 5) is 17.2. The van der Waals surface area contributed by atoms with Crippen LogP contribution in [0.25, 0.3) is 0 Å². The first-order chi connectivity index (χ1) is 9.82. The van der Waals surface area contributed by atoms with Gasteiger partial charge in [0, 0.05) is 32.7 Å². The maximum atomic E-state index is 12.1. The SMILES string of the molecule is CC(C)CCNC(=O)C(C)N1CCN(C(C)C(N)=S)CC1. The summed E-state index contributed by atoms with van der Waals surface area (Å²) in [5.41, 5.74) is 5.70. The van der Waals surface area contributed by atoms with E-state index >= 15 is 0 Å². The highest BCUT2D eigenvalue weighted by atomic mass is 32.1. The van der Waals surface area contributed by atoms with E-state index in [0.29, 0.717) is 10.9 Å². The lowest BCUT2D eigenvalue weighted by Gasteiger charge is -2.39. The predicted molar refractivity (Wildman–Crippen MR) is 91.3 cm³/mol. The summed E-state index contributed by atoms with van der Waals surface area (Å²) in [5, 5.41) is 3.03. The molecule has 1 heterocycles. The summed E-state index contributed by atoms with van der Waals surface area (Å²) < 4.78 is 0. The molecule has 122 valence electrons. The number of hydrogen-bond acceptors (Lipinski definition) is 4. The van der Waals surface area contributed by atoms with Gasteiger partial charge in [0.15, 0.2) is 0 Å². The monoisotopic (exact) mass is 314 g/mol. The van der Waals surface area contributed by atoms with Crippen LogP contribution in [0.4, 0.5) is 0 Å². The Kier molecular flexibility index (Phi) is 7.56. The normalized spacial score (nSPS) is 20.2. The number of nitrogens with two attached hydrogens (primary N) is 1. The van der Waals surface area contributed by atoms with Gasteiger partial charge in [0.1, 0.15) is 0 Å². The number of piperazine rings is 1. The van der Waals surface area contributed by atoms with Crippen LogP contribution in [0.2, 0.25) is 0 Å². The summed E-state index contributed by atoms with van der Waals surface area (Å²) in [7, 11) is 0. The number of carbonyl (C=O) groups is 1. The van der Waals surface area contributed by atoms with Crippen LogP contribution in [0.5, 0.6) is 0 Å². The zero-order valence-corrected chi connectivity index (χ0v) is 14.6. The first kappa shape index (κ1) is 18.3. The number of hydrogen-bond donors (Lipinski definition) is 2. The van der Waals surface area contributed by atoms with E-state index in [0.717, 1.165) is 39.1 Å². The first-order valence-corrected chi connectivity index (χ1v) is 8.29. The van der Waals surface area contributed by atoms with Crippen molar-refractivity contribution < 1.29 is 4.79 Å². The number of amides is 1. The average molecular weight is 314 g/mol. The van der Waals surface area contributed by atoms with Crippen molar-refractivity contribution in [3.05, 3.63) is 0 Å². The van der Waals surface area contributed by atoms with Crippen LogP contribution in [0.15, 0.2) is 0 Å². The lowest BCUT2D eigenvalue weighted by Crippen LogP contribution is -2.57. The van der Waals surface area contributed by atoms with Crippen molar-refractivity contribution in [2.45, 2.75) is 46.2 Å². The second-order valence-electron chi connectivity index (χ2n) is 6.30. The molecule has 1 aliphatic rings. The van der Waals surface area contributed by atoms with Gasteiger partial charge in [0.25, 0.3) is 0 Å². The van der Waals surface area contributed by atoms with Gasteiger partial charge in [-0.3, -0.25) is 14.6 Å². The lowest BCUT2D eigenvalue weighted by molar-refractivity contribution is -0.126. The van der Waals surface area contributed by atoms with Gasteiger partial charge in [-0.05, 0) is 26.2 Å². The molecule has 1 saturated heterocycles. The molecule has 0 bridgehead atoms. The summed E-state index contributed by atoms with van der Waals surface area (Å²) >= 11 is 5.05. The van der Waals surface area contributed by atoms with Gasteiger partial charge >= 0.3 is 0 Å². The second kappa shape index (κ2) is 8.66. The molecule has 1 fully saturated rings. The van der Waals surface area contributed by atoms with Gasteiger partial charge in [-0.15, -0.1) is 0 Å². The molecule has 0 saturated carbocycles. The quantitative estimate of drug-likeness (QED) is 0.682. The Hall–Kier alpha value is -0.720. The zero-order valence-electron chi connectivity index (χ0n) is 13.8. The van der Waals surface area contributed by atoms with Gasteiger partial charge in [-0.25, -0.2) is 0 Å². The zero-order chi connectivity index (χ0) is 16.0. The molecule has 0 aromatic carbocycles. The van der Waals surface area contributed by atoms with Crippen molar-refractivity contribution in [1.29, 1.82) is 0 Å². The summed E-state index contributed by atoms with van der Waals surface area (Å²) in [5.74, 6) is 0.747. The molecule has 0 aliphatic carbocycles. The van der Waals surface area contributed by atoms with E-state index < -0.39 is 0 Å². The second-order valence-corrected chi connectivity index (χ2v) is 6.77. The fourth-order valence-electron chi connectivity index (χ4n) is 2.49. The molecule has 1 aliphatic heterocycles. The van der Waals surface area contributed by atoms with Crippen molar-refractivity contribution in [1.82, 2.24) is 15.1 Å². The van der Waals surface area contributed by atoms with Crippen LogP contribution in [0.3, 0.4) is 0 Å². The molecule has 5 nitrogen and oxygen atoms in total. The van der Waals surface area contributed by atoms with Gasteiger partial charge in [0.2, 0.25) is 5.91 Å². The van der Waals surface area contributed by atoms with Crippen molar-refractivity contribution in [2.75, 3.05) is 32.7 Å². The van der Waals surface area contributed by atoms with Gasteiger partial charge < -0.3 is 11.1 Å². The highest BCUT2D eigenvalue weighted by molar-refractivity contribution is 7.80. The maximum absolute atomic E-state index is 12.1. The molecule has 2 atom stereocenters. The Balaban J connectivity index is 2.35. The van der Waals surface area contributed by atoms with Crippen LogP contribution in [0.1, 0.15) is 34.1 Å². The Morgan fingerprint density at radius 2 is 1.57 bits per heavy atom. The van der Waals surface area contributed by atoms with E-state index in [1.165, 1.54) is 0 Å². The molecule has 0 spiro atoms. The van der Waals surface area contributed by atoms with Crippen LogP contribution in [0, 0.1) is 5.92 Å².